The second-order valence-corrected chi connectivity index (χ2v) is 3.48. The maximum absolute atomic E-state index is 9.75. The van der Waals surface area contributed by atoms with Crippen LogP contribution in [0.4, 0.5) is 23.0 Å². The molecular formula is C6H3BBrClF4N2. The molecule has 0 atom stereocenters. The van der Waals surface area contributed by atoms with Crippen molar-refractivity contribution >= 4 is 40.5 Å². The summed E-state index contributed by atoms with van der Waals surface area (Å²) in [4.78, 5) is 3.00. The van der Waals surface area contributed by atoms with E-state index in [0.29, 0.717) is 10.7 Å². The second-order valence-electron chi connectivity index (χ2n) is 2.19. The van der Waals surface area contributed by atoms with Gasteiger partial charge in [-0.25, -0.2) is 0 Å². The molecule has 1 aromatic carbocycles. The Morgan fingerprint density at radius 3 is 2.07 bits per heavy atom. The maximum Gasteiger partial charge on any atom is 0.673 e. The Labute approximate surface area is 96.1 Å². The van der Waals surface area contributed by atoms with Crippen LogP contribution in [0.5, 0.6) is 0 Å². The SMILES string of the molecule is F[B-](F)(F)F.N#[N+]c1cc(Cl)ccc1Br. The average molecular weight is 305 g/mol. The lowest BCUT2D eigenvalue weighted by atomic mass is 10.3. The molecule has 0 amide bonds. The zero-order valence-corrected chi connectivity index (χ0v) is 9.31. The lowest BCUT2D eigenvalue weighted by Gasteiger charge is -1.94. The highest BCUT2D eigenvalue weighted by Gasteiger charge is 2.20. The molecule has 0 bridgehead atoms. The van der Waals surface area contributed by atoms with Crippen LogP contribution in [-0.2, 0) is 0 Å². The van der Waals surface area contributed by atoms with Crippen LogP contribution in [0.1, 0.15) is 0 Å². The lowest BCUT2D eigenvalue weighted by molar-refractivity contribution is 0.368. The first kappa shape index (κ1) is 14.2. The maximum atomic E-state index is 9.75. The summed E-state index contributed by atoms with van der Waals surface area (Å²) in [5, 5.41) is 8.93. The Hall–Kier alpha value is -0.805. The highest BCUT2D eigenvalue weighted by Crippen LogP contribution is 2.27. The summed E-state index contributed by atoms with van der Waals surface area (Å²) in [5.74, 6) is 0. The molecule has 0 unspecified atom stereocenters. The van der Waals surface area contributed by atoms with Crippen molar-refractivity contribution in [1.29, 1.82) is 5.39 Å². The van der Waals surface area contributed by atoms with Crippen LogP contribution in [0.2, 0.25) is 5.02 Å². The number of rotatable bonds is 0. The minimum atomic E-state index is -6.00. The number of diazo groups is 1. The van der Waals surface area contributed by atoms with Gasteiger partial charge in [0.25, 0.3) is 0 Å². The van der Waals surface area contributed by atoms with Gasteiger partial charge < -0.3 is 17.3 Å². The summed E-state index contributed by atoms with van der Waals surface area (Å²) in [5.41, 5.74) is 0.438. The van der Waals surface area contributed by atoms with Crippen LogP contribution in [0.15, 0.2) is 22.7 Å². The van der Waals surface area contributed by atoms with Gasteiger partial charge in [-0.05, 0) is 28.1 Å². The Kier molecular flexibility index (Phi) is 5.61. The van der Waals surface area contributed by atoms with Crippen molar-refractivity contribution in [2.45, 2.75) is 0 Å². The fourth-order valence-corrected chi connectivity index (χ4v) is 1.05. The van der Waals surface area contributed by atoms with Gasteiger partial charge in [0, 0.05) is 5.02 Å². The molecule has 0 spiro atoms. The third kappa shape index (κ3) is 8.21. The zero-order valence-electron chi connectivity index (χ0n) is 6.97. The van der Waals surface area contributed by atoms with E-state index in [1.807, 2.05) is 0 Å². The number of hydrogen-bond acceptors (Lipinski definition) is 1. The predicted molar refractivity (Wildman–Crippen MR) is 54.1 cm³/mol. The molecule has 0 N–H and O–H groups in total. The van der Waals surface area contributed by atoms with Crippen molar-refractivity contribution in [1.82, 2.24) is 0 Å². The van der Waals surface area contributed by atoms with Crippen LogP contribution in [0.25, 0.3) is 4.98 Å². The fraction of sp³-hybridized carbons (Fsp3) is 0. The Morgan fingerprint density at radius 1 is 1.27 bits per heavy atom. The van der Waals surface area contributed by atoms with Crippen LogP contribution >= 0.6 is 27.5 Å². The van der Waals surface area contributed by atoms with Gasteiger partial charge in [-0.3, -0.25) is 0 Å². The van der Waals surface area contributed by atoms with Crippen molar-refractivity contribution in [2.75, 3.05) is 0 Å². The molecule has 1 aromatic rings. The molecule has 0 saturated heterocycles. The van der Waals surface area contributed by atoms with Crippen molar-refractivity contribution in [3.8, 4) is 0 Å². The highest BCUT2D eigenvalue weighted by atomic mass is 79.9. The van der Waals surface area contributed by atoms with Crippen molar-refractivity contribution in [3.63, 3.8) is 0 Å². The third-order valence-corrected chi connectivity index (χ3v) is 1.92. The summed E-state index contributed by atoms with van der Waals surface area (Å²) in [6.45, 7) is 0. The topological polar surface area (TPSA) is 28.1 Å². The molecular weight excluding hydrogens is 302 g/mol. The summed E-state index contributed by atoms with van der Waals surface area (Å²) < 4.78 is 39.7. The fourth-order valence-electron chi connectivity index (χ4n) is 0.562. The van der Waals surface area contributed by atoms with Gasteiger partial charge in [0.15, 0.2) is 4.98 Å². The zero-order chi connectivity index (χ0) is 12.1. The van der Waals surface area contributed by atoms with Crippen molar-refractivity contribution < 1.29 is 17.3 Å². The summed E-state index contributed by atoms with van der Waals surface area (Å²) in [6, 6.07) is 4.99. The monoisotopic (exact) mass is 304 g/mol. The molecule has 0 aliphatic heterocycles. The molecule has 0 radical (unpaired) electrons. The van der Waals surface area contributed by atoms with Gasteiger partial charge in [0.05, 0.1) is 6.07 Å². The molecule has 0 aliphatic carbocycles. The first-order valence-corrected chi connectivity index (χ1v) is 4.58. The standard InChI is InChI=1S/C6H3BrClN2.BF4/c7-5-2-1-4(8)3-6(5)10-9;2-1(3,4)5/h1-3H;/q+1;-1. The van der Waals surface area contributed by atoms with Crippen LogP contribution in [-0.4, -0.2) is 7.25 Å². The molecule has 9 heteroatoms. The Bertz CT molecular complexity index is 372. The predicted octanol–water partition coefficient (Wildman–Crippen LogP) is 4.89. The summed E-state index contributed by atoms with van der Waals surface area (Å²) in [7, 11) is -6.00. The molecule has 0 saturated carbocycles. The second kappa shape index (κ2) is 5.93. The minimum absolute atomic E-state index is 0.438. The van der Waals surface area contributed by atoms with E-state index in [1.165, 1.54) is 0 Å². The number of nitrogens with zero attached hydrogens (tertiary/aromatic N) is 2. The van der Waals surface area contributed by atoms with Crippen LogP contribution < -0.4 is 0 Å². The lowest BCUT2D eigenvalue weighted by Crippen LogP contribution is -2.02. The van der Waals surface area contributed by atoms with Gasteiger partial charge >= 0.3 is 12.9 Å². The molecule has 15 heavy (non-hydrogen) atoms. The van der Waals surface area contributed by atoms with E-state index >= 15 is 0 Å². The minimum Gasteiger partial charge on any atom is -0.418 e. The molecule has 0 aromatic heterocycles. The third-order valence-electron chi connectivity index (χ3n) is 1.02. The van der Waals surface area contributed by atoms with Gasteiger partial charge in [-0.15, -0.1) is 0 Å². The molecule has 0 aliphatic rings. The summed E-state index contributed by atoms with van der Waals surface area (Å²) in [6.07, 6.45) is 0. The van der Waals surface area contributed by atoms with Crippen LogP contribution in [0, 0.1) is 5.39 Å². The van der Waals surface area contributed by atoms with Crippen molar-refractivity contribution in [3.05, 3.63) is 32.7 Å². The van der Waals surface area contributed by atoms with Gasteiger partial charge in [0.2, 0.25) is 5.39 Å². The quantitative estimate of drug-likeness (QED) is 0.381. The first-order valence-electron chi connectivity index (χ1n) is 3.41. The Morgan fingerprint density at radius 2 is 1.73 bits per heavy atom. The largest absolute Gasteiger partial charge is 0.673 e. The number of benzene rings is 1. The Balaban J connectivity index is 0.000000336. The van der Waals surface area contributed by atoms with E-state index in [9.17, 15) is 17.3 Å². The molecule has 0 heterocycles. The van der Waals surface area contributed by atoms with E-state index < -0.39 is 7.25 Å². The van der Waals surface area contributed by atoms with E-state index in [-0.39, 0.29) is 0 Å². The molecule has 1 rings (SSSR count). The van der Waals surface area contributed by atoms with E-state index in [4.69, 9.17) is 17.0 Å². The van der Waals surface area contributed by atoms with E-state index in [2.05, 4.69) is 20.9 Å². The first-order chi connectivity index (χ1) is 6.74. The summed E-state index contributed by atoms with van der Waals surface area (Å²) >= 11 is 8.78. The van der Waals surface area contributed by atoms with Crippen LogP contribution in [0.3, 0.4) is 0 Å². The number of hydrogen-bond donors (Lipinski definition) is 0. The van der Waals surface area contributed by atoms with Gasteiger partial charge in [-0.2, -0.15) is 0 Å². The molecule has 82 valence electrons. The van der Waals surface area contributed by atoms with Gasteiger partial charge in [-0.1, -0.05) is 11.6 Å². The average Bonchev–Trinajstić information content (AvgIpc) is 2.06. The molecule has 0 fully saturated rings. The normalized spacial score (nSPS) is 9.93. The smallest absolute Gasteiger partial charge is 0.418 e. The van der Waals surface area contributed by atoms with E-state index in [1.54, 1.807) is 18.2 Å². The molecule has 2 nitrogen and oxygen atoms in total. The number of halogens is 6. The highest BCUT2D eigenvalue weighted by molar-refractivity contribution is 9.10. The van der Waals surface area contributed by atoms with E-state index in [0.717, 1.165) is 4.47 Å². The van der Waals surface area contributed by atoms with Crippen molar-refractivity contribution in [2.24, 2.45) is 0 Å². The van der Waals surface area contributed by atoms with Gasteiger partial charge in [0.1, 0.15) is 4.47 Å².